The van der Waals surface area contributed by atoms with Gasteiger partial charge in [0.2, 0.25) is 0 Å². The number of halogens is 1. The van der Waals surface area contributed by atoms with E-state index in [4.69, 9.17) is 0 Å². The lowest BCUT2D eigenvalue weighted by atomic mass is 10.1. The minimum Gasteiger partial charge on any atom is -0.304 e. The fourth-order valence-corrected chi connectivity index (χ4v) is 2.99. The van der Waals surface area contributed by atoms with Crippen LogP contribution in [0.2, 0.25) is 0 Å². The van der Waals surface area contributed by atoms with Crippen molar-refractivity contribution in [2.45, 2.75) is 20.4 Å². The number of hydrogen-bond acceptors (Lipinski definition) is 4. The van der Waals surface area contributed by atoms with Crippen molar-refractivity contribution >= 4 is 33.3 Å². The largest absolute Gasteiger partial charge is 0.304 e. The van der Waals surface area contributed by atoms with Crippen LogP contribution in [-0.2, 0) is 6.54 Å². The van der Waals surface area contributed by atoms with Crippen molar-refractivity contribution in [1.29, 1.82) is 0 Å². The van der Waals surface area contributed by atoms with Gasteiger partial charge in [0.05, 0.1) is 15.9 Å². The van der Waals surface area contributed by atoms with Crippen LogP contribution in [-0.4, -0.2) is 20.6 Å². The van der Waals surface area contributed by atoms with Gasteiger partial charge in [0.1, 0.15) is 0 Å². The zero-order valence-corrected chi connectivity index (χ0v) is 16.4. The van der Waals surface area contributed by atoms with Gasteiger partial charge in [0.25, 0.3) is 11.6 Å². The summed E-state index contributed by atoms with van der Waals surface area (Å²) in [7, 11) is 0. The van der Waals surface area contributed by atoms with Gasteiger partial charge in [-0.1, -0.05) is 35.9 Å². The van der Waals surface area contributed by atoms with Gasteiger partial charge in [-0.2, -0.15) is 5.10 Å². The highest BCUT2D eigenvalue weighted by atomic mass is 79.9. The third kappa shape index (κ3) is 4.40. The van der Waals surface area contributed by atoms with Gasteiger partial charge in [-0.25, -0.2) is 0 Å². The highest BCUT2D eigenvalue weighted by Crippen LogP contribution is 2.23. The first-order valence-electron chi connectivity index (χ1n) is 8.18. The number of nitro benzene ring substituents is 1. The van der Waals surface area contributed by atoms with Gasteiger partial charge in [0.15, 0.2) is 5.82 Å². The van der Waals surface area contributed by atoms with E-state index in [0.717, 1.165) is 5.56 Å². The van der Waals surface area contributed by atoms with Crippen LogP contribution in [0.1, 0.15) is 27.0 Å². The van der Waals surface area contributed by atoms with Crippen LogP contribution < -0.4 is 5.32 Å². The second kappa shape index (κ2) is 7.71. The zero-order valence-electron chi connectivity index (χ0n) is 14.8. The molecule has 0 fully saturated rings. The molecule has 1 N–H and O–H groups in total. The second-order valence-corrected chi connectivity index (χ2v) is 7.08. The smallest absolute Gasteiger partial charge is 0.273 e. The van der Waals surface area contributed by atoms with Gasteiger partial charge >= 0.3 is 0 Å². The first kappa shape index (κ1) is 18.8. The summed E-state index contributed by atoms with van der Waals surface area (Å²) in [4.78, 5) is 23.0. The molecule has 7 nitrogen and oxygen atoms in total. The number of amides is 1. The summed E-state index contributed by atoms with van der Waals surface area (Å²) in [6, 6.07) is 12.5. The molecule has 0 spiro atoms. The molecule has 27 heavy (non-hydrogen) atoms. The van der Waals surface area contributed by atoms with E-state index < -0.39 is 10.8 Å². The third-order valence-corrected chi connectivity index (χ3v) is 4.66. The Hall–Kier alpha value is -3.00. The summed E-state index contributed by atoms with van der Waals surface area (Å²) in [5, 5.41) is 18.1. The molecule has 138 valence electrons. The Kier molecular flexibility index (Phi) is 5.36. The predicted molar refractivity (Wildman–Crippen MR) is 106 cm³/mol. The van der Waals surface area contributed by atoms with E-state index in [2.05, 4.69) is 26.3 Å². The van der Waals surface area contributed by atoms with E-state index >= 15 is 0 Å². The molecule has 3 rings (SSSR count). The van der Waals surface area contributed by atoms with E-state index in [1.165, 1.54) is 11.6 Å². The topological polar surface area (TPSA) is 90.1 Å². The highest BCUT2D eigenvalue weighted by molar-refractivity contribution is 9.10. The Labute approximate surface area is 164 Å². The maximum atomic E-state index is 12.5. The monoisotopic (exact) mass is 428 g/mol. The molecule has 0 unspecified atom stereocenters. The van der Waals surface area contributed by atoms with E-state index in [1.54, 1.807) is 29.9 Å². The van der Waals surface area contributed by atoms with E-state index in [1.807, 2.05) is 31.2 Å². The van der Waals surface area contributed by atoms with Crippen LogP contribution in [0, 0.1) is 24.0 Å². The van der Waals surface area contributed by atoms with Gasteiger partial charge in [0, 0.05) is 23.4 Å². The number of aromatic nitrogens is 2. The number of hydrogen-bond donors (Lipinski definition) is 1. The number of carbonyl (C=O) groups excluding carboxylic acids is 1. The molecule has 0 bridgehead atoms. The number of nitro groups is 1. The van der Waals surface area contributed by atoms with Crippen molar-refractivity contribution in [2.24, 2.45) is 0 Å². The number of aryl methyl sites for hydroxylation is 2. The zero-order chi connectivity index (χ0) is 19.6. The summed E-state index contributed by atoms with van der Waals surface area (Å²) in [6.45, 7) is 4.21. The molecule has 0 radical (unpaired) electrons. The van der Waals surface area contributed by atoms with E-state index in [0.29, 0.717) is 22.4 Å². The fourth-order valence-electron chi connectivity index (χ4n) is 2.57. The van der Waals surface area contributed by atoms with Crippen molar-refractivity contribution in [3.63, 3.8) is 0 Å². The highest BCUT2D eigenvalue weighted by Gasteiger charge is 2.17. The first-order chi connectivity index (χ1) is 12.8. The van der Waals surface area contributed by atoms with E-state index in [-0.39, 0.29) is 11.3 Å². The Bertz CT molecular complexity index is 1010. The fraction of sp³-hybridized carbons (Fsp3) is 0.158. The van der Waals surface area contributed by atoms with Crippen LogP contribution in [0.4, 0.5) is 11.5 Å². The lowest BCUT2D eigenvalue weighted by molar-refractivity contribution is -0.385. The molecular formula is C19H17BrN4O3. The Morgan fingerprint density at radius 3 is 2.59 bits per heavy atom. The standard InChI is InChI=1S/C19H17BrN4O3/c1-12-3-6-14(7-4-12)10-23-11-16(20)18(22-23)21-19(25)15-8-5-13(2)17(9-15)24(26)27/h3-9,11H,10H2,1-2H3,(H,21,22,25). The van der Waals surface area contributed by atoms with Crippen LogP contribution in [0.3, 0.4) is 0 Å². The first-order valence-corrected chi connectivity index (χ1v) is 8.97. The average molecular weight is 429 g/mol. The van der Waals surface area contributed by atoms with Crippen LogP contribution in [0.5, 0.6) is 0 Å². The molecule has 1 aromatic heterocycles. The molecular weight excluding hydrogens is 412 g/mol. The Morgan fingerprint density at radius 2 is 1.93 bits per heavy atom. The molecule has 3 aromatic rings. The molecule has 8 heteroatoms. The van der Waals surface area contributed by atoms with Gasteiger partial charge in [-0.05, 0) is 41.4 Å². The van der Waals surface area contributed by atoms with Crippen LogP contribution in [0.15, 0.2) is 53.1 Å². The SMILES string of the molecule is Cc1ccc(Cn2cc(Br)c(NC(=O)c3ccc(C)c([N+](=O)[O-])c3)n2)cc1. The second-order valence-electron chi connectivity index (χ2n) is 6.22. The summed E-state index contributed by atoms with van der Waals surface area (Å²) >= 11 is 3.39. The van der Waals surface area contributed by atoms with Crippen LogP contribution in [0.25, 0.3) is 0 Å². The predicted octanol–water partition coefficient (Wildman–Crippen LogP) is 4.47. The number of nitrogens with one attached hydrogen (secondary N) is 1. The third-order valence-electron chi connectivity index (χ3n) is 4.08. The van der Waals surface area contributed by atoms with Crippen molar-refractivity contribution in [1.82, 2.24) is 9.78 Å². The number of carbonyl (C=O) groups is 1. The Morgan fingerprint density at radius 1 is 1.22 bits per heavy atom. The van der Waals surface area contributed by atoms with Gasteiger partial charge < -0.3 is 5.32 Å². The van der Waals surface area contributed by atoms with Crippen molar-refractivity contribution < 1.29 is 9.72 Å². The quantitative estimate of drug-likeness (QED) is 0.479. The van der Waals surface area contributed by atoms with Crippen molar-refractivity contribution in [3.8, 4) is 0 Å². The minimum atomic E-state index is -0.502. The summed E-state index contributed by atoms with van der Waals surface area (Å²) in [5.41, 5.74) is 2.88. The normalized spacial score (nSPS) is 10.6. The number of nitrogens with zero attached hydrogens (tertiary/aromatic N) is 3. The summed E-state index contributed by atoms with van der Waals surface area (Å²) in [5.74, 6) is -0.102. The molecule has 0 aliphatic heterocycles. The number of rotatable bonds is 5. The summed E-state index contributed by atoms with van der Waals surface area (Å²) in [6.07, 6.45) is 1.77. The molecule has 0 atom stereocenters. The molecule has 0 saturated carbocycles. The molecule has 1 heterocycles. The van der Waals surface area contributed by atoms with Gasteiger partial charge in [-0.3, -0.25) is 19.6 Å². The van der Waals surface area contributed by atoms with Gasteiger partial charge in [-0.15, -0.1) is 0 Å². The van der Waals surface area contributed by atoms with E-state index in [9.17, 15) is 14.9 Å². The average Bonchev–Trinajstić information content (AvgIpc) is 2.96. The number of anilines is 1. The molecule has 0 aliphatic rings. The minimum absolute atomic E-state index is 0.0911. The summed E-state index contributed by atoms with van der Waals surface area (Å²) < 4.78 is 2.34. The van der Waals surface area contributed by atoms with Crippen molar-refractivity contribution in [3.05, 3.63) is 85.5 Å². The van der Waals surface area contributed by atoms with Crippen LogP contribution >= 0.6 is 15.9 Å². The maximum absolute atomic E-state index is 12.5. The molecule has 2 aromatic carbocycles. The molecule has 0 saturated heterocycles. The molecule has 0 aliphatic carbocycles. The Balaban J connectivity index is 1.77. The lowest BCUT2D eigenvalue weighted by Crippen LogP contribution is -2.13. The maximum Gasteiger partial charge on any atom is 0.273 e. The molecule has 1 amide bonds. The van der Waals surface area contributed by atoms with Crippen molar-refractivity contribution in [2.75, 3.05) is 5.32 Å². The number of benzene rings is 2. The lowest BCUT2D eigenvalue weighted by Gasteiger charge is -2.05.